The van der Waals surface area contributed by atoms with E-state index in [1.54, 1.807) is 66.7 Å². The van der Waals surface area contributed by atoms with Gasteiger partial charge in [0.25, 0.3) is 5.91 Å². The third-order valence-corrected chi connectivity index (χ3v) is 17.4. The molecule has 78 heavy (non-hydrogen) atoms. The zero-order valence-electron chi connectivity index (χ0n) is 43.8. The average molecular weight is 1120 g/mol. The van der Waals surface area contributed by atoms with Gasteiger partial charge in [-0.1, -0.05) is 102 Å². The second-order valence-electron chi connectivity index (χ2n) is 20.2. The molecule has 2 saturated carbocycles. The van der Waals surface area contributed by atoms with E-state index in [1.165, 1.54) is 58.9 Å². The molecule has 12 atom stereocenters. The van der Waals surface area contributed by atoms with Crippen molar-refractivity contribution in [2.75, 3.05) is 24.7 Å². The van der Waals surface area contributed by atoms with E-state index in [2.05, 4.69) is 10.6 Å². The lowest BCUT2D eigenvalue weighted by atomic mass is 9.44. The van der Waals surface area contributed by atoms with Crippen LogP contribution in [-0.4, -0.2) is 148 Å². The van der Waals surface area contributed by atoms with Crippen LogP contribution in [0.5, 0.6) is 0 Å². The number of benzene rings is 3. The molecule has 4 aliphatic rings. The normalized spacial score (nSPS) is 27.9. The van der Waals surface area contributed by atoms with Gasteiger partial charge in [-0.2, -0.15) is 0 Å². The third-order valence-electron chi connectivity index (χ3n) is 15.1. The molecule has 3 aromatic rings. The minimum Gasteiger partial charge on any atom is -0.480 e. The summed E-state index contributed by atoms with van der Waals surface area (Å²) in [6.45, 7) is 8.45. The minimum absolute atomic E-state index is 0.00935. The van der Waals surface area contributed by atoms with Crippen molar-refractivity contribution >= 4 is 75.2 Å². The number of carboxylic acids is 1. The van der Waals surface area contributed by atoms with E-state index in [-0.39, 0.29) is 46.8 Å². The van der Waals surface area contributed by atoms with Gasteiger partial charge in [0.2, 0.25) is 5.91 Å². The Bertz CT molecular complexity index is 2820. The van der Waals surface area contributed by atoms with Crippen LogP contribution in [0.1, 0.15) is 93.6 Å². The number of rotatable bonds is 19. The fourth-order valence-electron chi connectivity index (χ4n) is 11.2. The summed E-state index contributed by atoms with van der Waals surface area (Å²) in [4.78, 5) is 123. The fraction of sp³-hybridized carbons (Fsp3) is 0.473. The van der Waals surface area contributed by atoms with E-state index in [1.807, 2.05) is 0 Å². The lowest BCUT2D eigenvalue weighted by Gasteiger charge is -2.67. The van der Waals surface area contributed by atoms with E-state index in [0.717, 1.165) is 35.4 Å². The van der Waals surface area contributed by atoms with Gasteiger partial charge in [-0.05, 0) is 54.8 Å². The fourth-order valence-corrected chi connectivity index (χ4v) is 13.2. The largest absolute Gasteiger partial charge is 0.508 e. The molecule has 2 bridgehead atoms. The Morgan fingerprint density at radius 3 is 1.97 bits per heavy atom. The van der Waals surface area contributed by atoms with Crippen LogP contribution >= 0.6 is 21.6 Å². The predicted octanol–water partition coefficient (Wildman–Crippen LogP) is 4.87. The molecule has 5 N–H and O–H groups in total. The number of carbonyl (C=O) groups is 9. The Morgan fingerprint density at radius 2 is 1.41 bits per heavy atom. The first-order valence-electron chi connectivity index (χ1n) is 25.0. The highest BCUT2D eigenvalue weighted by Crippen LogP contribution is 2.65. The van der Waals surface area contributed by atoms with Crippen molar-refractivity contribution in [2.24, 2.45) is 16.7 Å². The Kier molecular flexibility index (Phi) is 18.2. The van der Waals surface area contributed by atoms with Gasteiger partial charge in [0, 0.05) is 56.1 Å². The maximum Gasteiger partial charge on any atom is 0.508 e. The first kappa shape index (κ1) is 58.9. The van der Waals surface area contributed by atoms with Gasteiger partial charge in [-0.3, -0.25) is 24.0 Å². The first-order chi connectivity index (χ1) is 36.9. The Labute approximate surface area is 457 Å². The van der Waals surface area contributed by atoms with Crippen LogP contribution in [0, 0.1) is 16.7 Å². The van der Waals surface area contributed by atoms with Gasteiger partial charge in [-0.25, -0.2) is 19.2 Å². The molecule has 7 rings (SSSR count). The zero-order chi connectivity index (χ0) is 56.9. The number of nitrogens with one attached hydrogen (secondary N) is 2. The number of ketones is 1. The molecule has 0 spiro atoms. The minimum atomic E-state index is -2.54. The number of esters is 4. The smallest absolute Gasteiger partial charge is 0.480 e. The van der Waals surface area contributed by atoms with E-state index in [4.69, 9.17) is 33.2 Å². The molecule has 1 heterocycles. The van der Waals surface area contributed by atoms with Crippen LogP contribution < -0.4 is 10.6 Å². The second-order valence-corrected chi connectivity index (χ2v) is 22.9. The van der Waals surface area contributed by atoms with Gasteiger partial charge >= 0.3 is 36.0 Å². The molecule has 3 fully saturated rings. The second kappa shape index (κ2) is 24.1. The van der Waals surface area contributed by atoms with Crippen molar-refractivity contribution in [1.29, 1.82) is 0 Å². The van der Waals surface area contributed by atoms with Crippen LogP contribution in [0.3, 0.4) is 0 Å². The number of Topliss-reactive ketones (excluding diaryl/α,β-unsaturated/α-hetero) is 1. The number of hydrogen-bond acceptors (Lipinski definition) is 20. The summed E-state index contributed by atoms with van der Waals surface area (Å²) < 4.78 is 42.4. The molecule has 2 amide bonds. The highest BCUT2D eigenvalue weighted by atomic mass is 33.1. The SMILES string of the molecule is CC(=O)N[C@@H](CSSCCOC(=O)O[C@H]1C[C@H]2OC[C@@]2(OC(C)=O)C2[C@H](OC(=O)c3ccccc3)[C@]3(O)C[C@H](OC(=O)[C@H](O)[C@@H](NC(=O)c4ccccc4)c4ccccc4)C(C)=C([C@@H](OC(C)=O)C(=O)[C@@]21C)C3(C)C)C(=O)O. The predicted molar refractivity (Wildman–Crippen MR) is 278 cm³/mol. The van der Waals surface area contributed by atoms with Crippen LogP contribution in [0.15, 0.2) is 102 Å². The van der Waals surface area contributed by atoms with Crippen molar-refractivity contribution in [3.63, 3.8) is 0 Å². The van der Waals surface area contributed by atoms with Crippen LogP contribution in [0.2, 0.25) is 0 Å². The van der Waals surface area contributed by atoms with Crippen LogP contribution in [0.25, 0.3) is 0 Å². The van der Waals surface area contributed by atoms with E-state index in [0.29, 0.717) is 5.56 Å². The molecule has 3 aliphatic carbocycles. The van der Waals surface area contributed by atoms with E-state index in [9.17, 15) is 53.7 Å². The number of carboxylic acid groups (broad SMARTS) is 1. The van der Waals surface area contributed by atoms with Crippen molar-refractivity contribution in [2.45, 2.75) is 121 Å². The van der Waals surface area contributed by atoms with Gasteiger partial charge in [-0.15, -0.1) is 0 Å². The zero-order valence-corrected chi connectivity index (χ0v) is 45.4. The maximum atomic E-state index is 16.2. The Morgan fingerprint density at radius 1 is 0.795 bits per heavy atom. The number of amides is 2. The summed E-state index contributed by atoms with van der Waals surface area (Å²) in [5, 5.41) is 40.5. The van der Waals surface area contributed by atoms with Crippen LogP contribution in [-0.2, 0) is 61.9 Å². The quantitative estimate of drug-likeness (QED) is 0.0352. The topological polar surface area (TPSA) is 303 Å². The van der Waals surface area contributed by atoms with Crippen molar-refractivity contribution in [3.8, 4) is 0 Å². The molecule has 23 heteroatoms. The molecular formula is C55H62N2O19S2. The molecular weight excluding hydrogens is 1060 g/mol. The molecule has 0 aromatic heterocycles. The molecule has 3 aromatic carbocycles. The van der Waals surface area contributed by atoms with Gasteiger partial charge in [0.05, 0.1) is 29.5 Å². The third kappa shape index (κ3) is 11.8. The number of aliphatic carboxylic acids is 1. The van der Waals surface area contributed by atoms with Gasteiger partial charge < -0.3 is 59.1 Å². The summed E-state index contributed by atoms with van der Waals surface area (Å²) in [5.74, 6) is -9.20. The first-order valence-corrected chi connectivity index (χ1v) is 27.5. The monoisotopic (exact) mass is 1120 g/mol. The van der Waals surface area contributed by atoms with Gasteiger partial charge in [0.1, 0.15) is 42.7 Å². The molecule has 418 valence electrons. The van der Waals surface area contributed by atoms with Crippen molar-refractivity contribution in [1.82, 2.24) is 10.6 Å². The maximum absolute atomic E-state index is 16.2. The van der Waals surface area contributed by atoms with Gasteiger partial charge in [0.15, 0.2) is 23.6 Å². The Balaban J connectivity index is 1.32. The van der Waals surface area contributed by atoms with E-state index < -0.39 is 143 Å². The number of hydrogen-bond donors (Lipinski definition) is 5. The van der Waals surface area contributed by atoms with Crippen molar-refractivity contribution < 1.29 is 91.6 Å². The summed E-state index contributed by atoms with van der Waals surface area (Å²) in [6.07, 6.45) is -12.8. The molecule has 1 unspecified atom stereocenters. The lowest BCUT2D eigenvalue weighted by molar-refractivity contribution is -0.346. The molecule has 1 saturated heterocycles. The number of aliphatic hydroxyl groups is 2. The standard InChI is InChI=1S/C55H62N2O19S2/c1-29-37(73-50(67)42(61)41(33-17-11-8-12-18-33)57-47(63)34-19-13-9-14-20-34)26-55(69)46(75-49(66)35-21-15-10-16-22-35)44-53(7,45(62)43(72-31(3)59)40(29)52(55,5)6)38(25-39-54(44,28-71-39)76-32(4)60)74-51(68)70-23-24-77-78-27-36(48(64)65)56-30(2)58/h8-22,36-39,41-44,46,61,69H,23-28H2,1-7H3,(H,56,58)(H,57,63)(H,64,65)/t36-,37-,38-,39+,41-,42+,43+,44?,46-,53+,54-,55+/m0/s1. The van der Waals surface area contributed by atoms with E-state index >= 15 is 4.79 Å². The Hall–Kier alpha value is -6.79. The summed E-state index contributed by atoms with van der Waals surface area (Å²) in [6, 6.07) is 21.2. The van der Waals surface area contributed by atoms with Crippen molar-refractivity contribution in [3.05, 3.63) is 119 Å². The number of carbonyl (C=O) groups excluding carboxylic acids is 8. The molecule has 1 aliphatic heterocycles. The molecule has 0 radical (unpaired) electrons. The summed E-state index contributed by atoms with van der Waals surface area (Å²) in [5.41, 5.74) is -8.04. The highest BCUT2D eigenvalue weighted by Gasteiger charge is 2.79. The molecule has 21 nitrogen and oxygen atoms in total. The summed E-state index contributed by atoms with van der Waals surface area (Å²) in [7, 11) is 2.23. The summed E-state index contributed by atoms with van der Waals surface area (Å²) >= 11 is 0. The lowest BCUT2D eigenvalue weighted by Crippen LogP contribution is -2.82. The average Bonchev–Trinajstić information content (AvgIpc) is 2.87. The number of ether oxygens (including phenoxy) is 7. The highest BCUT2D eigenvalue weighted by molar-refractivity contribution is 8.76. The van der Waals surface area contributed by atoms with Crippen LogP contribution in [0.4, 0.5) is 4.79 Å². The number of aliphatic hydroxyl groups excluding tert-OH is 1. The number of fused-ring (bicyclic) bond motifs is 5.